The molecular weight excluding hydrogens is 424 g/mol. The van der Waals surface area contributed by atoms with Crippen molar-refractivity contribution in [1.29, 1.82) is 0 Å². The zero-order valence-electron chi connectivity index (χ0n) is 19.1. The standard InChI is InChI=1S/C24H30N4O5/c1-4-28(15-21(29)25-18-10-11-19-20(14-18)33-13-12-32-19)23(30)22(16(2)3)27-24(31)26-17-8-6-5-7-9-17/h5-11,14,16,22H,4,12-13,15H2,1-3H3,(H,25,29)(H2,26,27,31). The number of benzene rings is 2. The molecule has 1 aliphatic heterocycles. The molecule has 0 aliphatic carbocycles. The summed E-state index contributed by atoms with van der Waals surface area (Å²) < 4.78 is 11.0. The molecule has 0 saturated heterocycles. The van der Waals surface area contributed by atoms with Crippen molar-refractivity contribution in [1.82, 2.24) is 10.2 Å². The highest BCUT2D eigenvalue weighted by Gasteiger charge is 2.29. The molecular formula is C24H30N4O5. The van der Waals surface area contributed by atoms with Gasteiger partial charge in [-0.15, -0.1) is 0 Å². The fourth-order valence-electron chi connectivity index (χ4n) is 3.38. The van der Waals surface area contributed by atoms with E-state index in [0.29, 0.717) is 42.6 Å². The lowest BCUT2D eigenvalue weighted by molar-refractivity contribution is -0.137. The van der Waals surface area contributed by atoms with Gasteiger partial charge in [-0.05, 0) is 37.1 Å². The van der Waals surface area contributed by atoms with Crippen molar-refractivity contribution in [2.45, 2.75) is 26.8 Å². The Morgan fingerprint density at radius 2 is 1.64 bits per heavy atom. The first-order valence-corrected chi connectivity index (χ1v) is 11.0. The summed E-state index contributed by atoms with van der Waals surface area (Å²) >= 11 is 0. The summed E-state index contributed by atoms with van der Waals surface area (Å²) in [5, 5.41) is 8.23. The normalized spacial score (nSPS) is 13.1. The van der Waals surface area contributed by atoms with Gasteiger partial charge in [0, 0.05) is 24.0 Å². The fourth-order valence-corrected chi connectivity index (χ4v) is 3.38. The number of fused-ring (bicyclic) bond motifs is 1. The quantitative estimate of drug-likeness (QED) is 0.568. The number of likely N-dealkylation sites (N-methyl/N-ethyl adjacent to an activating group) is 1. The van der Waals surface area contributed by atoms with E-state index < -0.39 is 12.1 Å². The van der Waals surface area contributed by atoms with E-state index in [-0.39, 0.29) is 24.3 Å². The van der Waals surface area contributed by atoms with Gasteiger partial charge in [0.15, 0.2) is 11.5 Å². The highest BCUT2D eigenvalue weighted by Crippen LogP contribution is 2.32. The fraction of sp³-hybridized carbons (Fsp3) is 0.375. The third-order valence-corrected chi connectivity index (χ3v) is 5.10. The highest BCUT2D eigenvalue weighted by molar-refractivity contribution is 5.97. The van der Waals surface area contributed by atoms with Crippen LogP contribution in [0, 0.1) is 5.92 Å². The zero-order valence-corrected chi connectivity index (χ0v) is 19.1. The number of anilines is 2. The van der Waals surface area contributed by atoms with Crippen molar-refractivity contribution in [2.75, 3.05) is 36.9 Å². The number of urea groups is 1. The molecule has 0 spiro atoms. The van der Waals surface area contributed by atoms with Gasteiger partial charge < -0.3 is 30.3 Å². The van der Waals surface area contributed by atoms with E-state index in [0.717, 1.165) is 0 Å². The van der Waals surface area contributed by atoms with E-state index >= 15 is 0 Å². The minimum Gasteiger partial charge on any atom is -0.486 e. The minimum atomic E-state index is -0.782. The average Bonchev–Trinajstić information content (AvgIpc) is 2.81. The number of rotatable bonds is 8. The SMILES string of the molecule is CCN(CC(=O)Nc1ccc2c(c1)OCCO2)C(=O)C(NC(=O)Nc1ccccc1)C(C)C. The van der Waals surface area contributed by atoms with Crippen LogP contribution in [0.1, 0.15) is 20.8 Å². The van der Waals surface area contributed by atoms with Gasteiger partial charge in [0.1, 0.15) is 19.3 Å². The van der Waals surface area contributed by atoms with Crippen molar-refractivity contribution >= 4 is 29.2 Å². The van der Waals surface area contributed by atoms with Gasteiger partial charge in [0.2, 0.25) is 11.8 Å². The Morgan fingerprint density at radius 1 is 0.939 bits per heavy atom. The summed E-state index contributed by atoms with van der Waals surface area (Å²) in [7, 11) is 0. The molecule has 9 nitrogen and oxygen atoms in total. The maximum atomic E-state index is 13.2. The number of nitrogens with one attached hydrogen (secondary N) is 3. The van der Waals surface area contributed by atoms with Crippen LogP contribution in [0.15, 0.2) is 48.5 Å². The molecule has 3 N–H and O–H groups in total. The van der Waals surface area contributed by atoms with Crippen molar-refractivity contribution in [2.24, 2.45) is 5.92 Å². The lowest BCUT2D eigenvalue weighted by Crippen LogP contribution is -2.53. The van der Waals surface area contributed by atoms with E-state index in [1.807, 2.05) is 19.9 Å². The van der Waals surface area contributed by atoms with E-state index in [9.17, 15) is 14.4 Å². The second-order valence-electron chi connectivity index (χ2n) is 7.95. The summed E-state index contributed by atoms with van der Waals surface area (Å²) in [6.07, 6.45) is 0. The first kappa shape index (κ1) is 23.9. The molecule has 0 radical (unpaired) electrons. The predicted molar refractivity (Wildman–Crippen MR) is 126 cm³/mol. The zero-order chi connectivity index (χ0) is 23.8. The van der Waals surface area contributed by atoms with Crippen LogP contribution in [0.2, 0.25) is 0 Å². The number of carbonyl (C=O) groups is 3. The molecule has 2 aromatic carbocycles. The third-order valence-electron chi connectivity index (χ3n) is 5.10. The number of carbonyl (C=O) groups excluding carboxylic acids is 3. The smallest absolute Gasteiger partial charge is 0.319 e. The molecule has 9 heteroatoms. The molecule has 176 valence electrons. The maximum Gasteiger partial charge on any atom is 0.319 e. The molecule has 0 bridgehead atoms. The van der Waals surface area contributed by atoms with Crippen LogP contribution in [-0.4, -0.2) is 55.1 Å². The molecule has 1 atom stereocenters. The van der Waals surface area contributed by atoms with Gasteiger partial charge in [-0.25, -0.2) is 4.79 Å². The third kappa shape index (κ3) is 6.61. The minimum absolute atomic E-state index is 0.144. The highest BCUT2D eigenvalue weighted by atomic mass is 16.6. The van der Waals surface area contributed by atoms with Crippen LogP contribution in [0.25, 0.3) is 0 Å². The van der Waals surface area contributed by atoms with E-state index in [1.165, 1.54) is 4.90 Å². The van der Waals surface area contributed by atoms with Crippen molar-refractivity contribution in [3.63, 3.8) is 0 Å². The van der Waals surface area contributed by atoms with Gasteiger partial charge in [0.05, 0.1) is 6.54 Å². The Balaban J connectivity index is 1.60. The Kier molecular flexibility index (Phi) is 8.12. The second kappa shape index (κ2) is 11.2. The first-order chi connectivity index (χ1) is 15.9. The molecule has 0 aromatic heterocycles. The average molecular weight is 455 g/mol. The number of hydrogen-bond donors (Lipinski definition) is 3. The Bertz CT molecular complexity index is 980. The second-order valence-corrected chi connectivity index (χ2v) is 7.95. The van der Waals surface area contributed by atoms with Crippen molar-refractivity contribution < 1.29 is 23.9 Å². The molecule has 1 aliphatic rings. The van der Waals surface area contributed by atoms with Crippen molar-refractivity contribution in [3.8, 4) is 11.5 Å². The van der Waals surface area contributed by atoms with Crippen LogP contribution in [0.5, 0.6) is 11.5 Å². The van der Waals surface area contributed by atoms with E-state index in [2.05, 4.69) is 16.0 Å². The largest absolute Gasteiger partial charge is 0.486 e. The van der Waals surface area contributed by atoms with Crippen LogP contribution < -0.4 is 25.4 Å². The molecule has 4 amide bonds. The number of ether oxygens (including phenoxy) is 2. The van der Waals surface area contributed by atoms with Crippen LogP contribution in [0.4, 0.5) is 16.2 Å². The topological polar surface area (TPSA) is 109 Å². The Labute approximate surface area is 193 Å². The summed E-state index contributed by atoms with van der Waals surface area (Å²) in [6, 6.07) is 12.8. The molecule has 1 unspecified atom stereocenters. The molecule has 2 aromatic rings. The van der Waals surface area contributed by atoms with Crippen LogP contribution >= 0.6 is 0 Å². The summed E-state index contributed by atoms with van der Waals surface area (Å²) in [5.41, 5.74) is 1.17. The van der Waals surface area contributed by atoms with Crippen molar-refractivity contribution in [3.05, 3.63) is 48.5 Å². The van der Waals surface area contributed by atoms with E-state index in [4.69, 9.17) is 9.47 Å². The van der Waals surface area contributed by atoms with Gasteiger partial charge >= 0.3 is 6.03 Å². The summed E-state index contributed by atoms with van der Waals surface area (Å²) in [5.74, 6) is 0.348. The Morgan fingerprint density at radius 3 is 2.30 bits per heavy atom. The number of amides is 4. The van der Waals surface area contributed by atoms with Crippen LogP contribution in [0.3, 0.4) is 0 Å². The summed E-state index contributed by atoms with van der Waals surface area (Å²) in [4.78, 5) is 39.6. The van der Waals surface area contributed by atoms with Gasteiger partial charge in [0.25, 0.3) is 0 Å². The predicted octanol–water partition coefficient (Wildman–Crippen LogP) is 3.09. The van der Waals surface area contributed by atoms with E-state index in [1.54, 1.807) is 49.4 Å². The van der Waals surface area contributed by atoms with Gasteiger partial charge in [-0.3, -0.25) is 9.59 Å². The maximum absolute atomic E-state index is 13.2. The first-order valence-electron chi connectivity index (χ1n) is 11.0. The molecule has 0 fully saturated rings. The van der Waals surface area contributed by atoms with Gasteiger partial charge in [-0.1, -0.05) is 32.0 Å². The monoisotopic (exact) mass is 454 g/mol. The number of para-hydroxylation sites is 1. The molecule has 3 rings (SSSR count). The van der Waals surface area contributed by atoms with Crippen LogP contribution in [-0.2, 0) is 9.59 Å². The lowest BCUT2D eigenvalue weighted by atomic mass is 10.0. The Hall–Kier alpha value is -3.75. The molecule has 1 heterocycles. The number of nitrogens with zero attached hydrogens (tertiary/aromatic N) is 1. The molecule has 0 saturated carbocycles. The van der Waals surface area contributed by atoms with Gasteiger partial charge in [-0.2, -0.15) is 0 Å². The molecule has 33 heavy (non-hydrogen) atoms. The summed E-state index contributed by atoms with van der Waals surface area (Å²) in [6.45, 7) is 6.58. The number of hydrogen-bond acceptors (Lipinski definition) is 5. The lowest BCUT2D eigenvalue weighted by Gasteiger charge is -2.28.